The summed E-state index contributed by atoms with van der Waals surface area (Å²) in [5.74, 6) is -0.306. The van der Waals surface area contributed by atoms with Crippen molar-refractivity contribution in [3.8, 4) is 0 Å². The number of carbonyl (C=O) groups is 1. The number of rotatable bonds is 3. The lowest BCUT2D eigenvalue weighted by atomic mass is 10.1. The van der Waals surface area contributed by atoms with Gasteiger partial charge in [0.05, 0.1) is 17.6 Å². The van der Waals surface area contributed by atoms with E-state index in [0.29, 0.717) is 12.2 Å². The van der Waals surface area contributed by atoms with Crippen LogP contribution in [0.5, 0.6) is 0 Å². The van der Waals surface area contributed by atoms with Crippen molar-refractivity contribution in [1.82, 2.24) is 9.97 Å². The number of aromatic nitrogens is 2. The molecule has 0 saturated carbocycles. The van der Waals surface area contributed by atoms with Crippen LogP contribution < -0.4 is 11.1 Å². The topological polar surface area (TPSA) is 80.9 Å². The molecule has 1 aromatic rings. The first-order valence-corrected chi connectivity index (χ1v) is 4.42. The predicted molar refractivity (Wildman–Crippen MR) is 53.6 cm³/mol. The summed E-state index contributed by atoms with van der Waals surface area (Å²) in [6.45, 7) is 3.91. The second-order valence-corrected chi connectivity index (χ2v) is 3.15. The van der Waals surface area contributed by atoms with Gasteiger partial charge in [-0.1, -0.05) is 6.92 Å². The van der Waals surface area contributed by atoms with Crippen molar-refractivity contribution in [2.45, 2.75) is 13.8 Å². The number of anilines is 1. The molecule has 0 aliphatic carbocycles. The summed E-state index contributed by atoms with van der Waals surface area (Å²) < 4.78 is 0. The molecule has 0 radical (unpaired) electrons. The van der Waals surface area contributed by atoms with Crippen molar-refractivity contribution in [2.75, 3.05) is 11.9 Å². The van der Waals surface area contributed by atoms with Gasteiger partial charge in [0.1, 0.15) is 6.33 Å². The Kier molecular flexibility index (Phi) is 3.53. The second-order valence-electron chi connectivity index (χ2n) is 3.15. The highest BCUT2D eigenvalue weighted by molar-refractivity contribution is 5.92. The quantitative estimate of drug-likeness (QED) is 0.726. The van der Waals surface area contributed by atoms with Crippen LogP contribution >= 0.6 is 0 Å². The number of nitrogens with zero attached hydrogens (tertiary/aromatic N) is 2. The lowest BCUT2D eigenvalue weighted by Gasteiger charge is -2.10. The van der Waals surface area contributed by atoms with Crippen LogP contribution in [0.4, 0.5) is 5.69 Å². The summed E-state index contributed by atoms with van der Waals surface area (Å²) in [5.41, 5.74) is 6.76. The molecule has 1 rings (SSSR count). The molecule has 0 aromatic carbocycles. The molecule has 0 aliphatic rings. The first-order valence-electron chi connectivity index (χ1n) is 4.42. The minimum Gasteiger partial charge on any atom is -0.330 e. The smallest absolute Gasteiger partial charge is 0.228 e. The maximum atomic E-state index is 11.4. The van der Waals surface area contributed by atoms with Gasteiger partial charge in [-0.3, -0.25) is 4.79 Å². The molecular weight excluding hydrogens is 180 g/mol. The molecule has 5 heteroatoms. The van der Waals surface area contributed by atoms with E-state index in [2.05, 4.69) is 15.3 Å². The van der Waals surface area contributed by atoms with Gasteiger partial charge < -0.3 is 11.1 Å². The van der Waals surface area contributed by atoms with E-state index in [9.17, 15) is 4.79 Å². The van der Waals surface area contributed by atoms with Crippen molar-refractivity contribution < 1.29 is 4.79 Å². The molecule has 0 aliphatic heterocycles. The van der Waals surface area contributed by atoms with Gasteiger partial charge in [-0.15, -0.1) is 0 Å². The lowest BCUT2D eigenvalue weighted by Crippen LogP contribution is -2.27. The lowest BCUT2D eigenvalue weighted by molar-refractivity contribution is -0.119. The predicted octanol–water partition coefficient (Wildman–Crippen LogP) is 0.318. The van der Waals surface area contributed by atoms with Crippen LogP contribution in [0, 0.1) is 12.8 Å². The Bertz CT molecular complexity index is 326. The Labute approximate surface area is 82.7 Å². The molecule has 1 atom stereocenters. The zero-order chi connectivity index (χ0) is 10.6. The minimum atomic E-state index is -0.199. The molecule has 76 valence electrons. The highest BCUT2D eigenvalue weighted by atomic mass is 16.1. The number of amides is 1. The first kappa shape index (κ1) is 10.6. The molecule has 0 saturated heterocycles. The van der Waals surface area contributed by atoms with Gasteiger partial charge in [-0.2, -0.15) is 0 Å². The van der Waals surface area contributed by atoms with E-state index in [1.807, 2.05) is 6.92 Å². The van der Waals surface area contributed by atoms with Crippen LogP contribution in [0.15, 0.2) is 12.5 Å². The van der Waals surface area contributed by atoms with E-state index in [-0.39, 0.29) is 11.8 Å². The third-order valence-electron chi connectivity index (χ3n) is 1.97. The number of hydrogen-bond donors (Lipinski definition) is 2. The Morgan fingerprint density at radius 1 is 1.71 bits per heavy atom. The van der Waals surface area contributed by atoms with Crippen LogP contribution in [-0.4, -0.2) is 22.4 Å². The summed E-state index contributed by atoms with van der Waals surface area (Å²) in [4.78, 5) is 19.2. The number of carbonyl (C=O) groups excluding carboxylic acids is 1. The van der Waals surface area contributed by atoms with E-state index < -0.39 is 0 Å². The average molecular weight is 194 g/mol. The Morgan fingerprint density at radius 2 is 2.43 bits per heavy atom. The zero-order valence-corrected chi connectivity index (χ0v) is 8.32. The third-order valence-corrected chi connectivity index (χ3v) is 1.97. The van der Waals surface area contributed by atoms with Gasteiger partial charge in [0, 0.05) is 12.5 Å². The van der Waals surface area contributed by atoms with Crippen LogP contribution in [0.25, 0.3) is 0 Å². The number of hydrogen-bond acceptors (Lipinski definition) is 4. The van der Waals surface area contributed by atoms with E-state index in [1.165, 1.54) is 6.33 Å². The maximum absolute atomic E-state index is 11.4. The Morgan fingerprint density at radius 3 is 3.00 bits per heavy atom. The van der Waals surface area contributed by atoms with Gasteiger partial charge in [0.15, 0.2) is 0 Å². The van der Waals surface area contributed by atoms with Crippen LogP contribution in [-0.2, 0) is 4.79 Å². The van der Waals surface area contributed by atoms with E-state index in [1.54, 1.807) is 13.1 Å². The minimum absolute atomic E-state index is 0.106. The monoisotopic (exact) mass is 194 g/mol. The van der Waals surface area contributed by atoms with Gasteiger partial charge in [0.2, 0.25) is 5.91 Å². The molecule has 14 heavy (non-hydrogen) atoms. The number of nitrogens with two attached hydrogens (primary N) is 1. The summed E-state index contributed by atoms with van der Waals surface area (Å²) in [6.07, 6.45) is 3.01. The highest BCUT2D eigenvalue weighted by Gasteiger charge is 2.11. The molecule has 1 heterocycles. The van der Waals surface area contributed by atoms with Crippen molar-refractivity contribution in [2.24, 2.45) is 11.7 Å². The molecule has 1 unspecified atom stereocenters. The summed E-state index contributed by atoms with van der Waals surface area (Å²) >= 11 is 0. The molecule has 5 nitrogen and oxygen atoms in total. The van der Waals surface area contributed by atoms with E-state index in [0.717, 1.165) is 5.69 Å². The largest absolute Gasteiger partial charge is 0.330 e. The fraction of sp³-hybridized carbons (Fsp3) is 0.444. The van der Waals surface area contributed by atoms with Crippen LogP contribution in [0.3, 0.4) is 0 Å². The molecule has 0 fully saturated rings. The molecule has 1 aromatic heterocycles. The highest BCUT2D eigenvalue weighted by Crippen LogP contribution is 2.09. The average Bonchev–Trinajstić information content (AvgIpc) is 2.20. The van der Waals surface area contributed by atoms with Gasteiger partial charge in [0.25, 0.3) is 0 Å². The summed E-state index contributed by atoms with van der Waals surface area (Å²) in [5, 5.41) is 2.72. The van der Waals surface area contributed by atoms with Crippen molar-refractivity contribution in [3.63, 3.8) is 0 Å². The first-order chi connectivity index (χ1) is 6.65. The third kappa shape index (κ3) is 2.50. The normalized spacial score (nSPS) is 12.2. The van der Waals surface area contributed by atoms with Crippen molar-refractivity contribution in [3.05, 3.63) is 18.2 Å². The van der Waals surface area contributed by atoms with Gasteiger partial charge >= 0.3 is 0 Å². The van der Waals surface area contributed by atoms with Gasteiger partial charge in [-0.05, 0) is 6.92 Å². The van der Waals surface area contributed by atoms with E-state index >= 15 is 0 Å². The maximum Gasteiger partial charge on any atom is 0.228 e. The fourth-order valence-electron chi connectivity index (χ4n) is 0.876. The fourth-order valence-corrected chi connectivity index (χ4v) is 0.876. The van der Waals surface area contributed by atoms with Crippen LogP contribution in [0.2, 0.25) is 0 Å². The molecular formula is C9H14N4O. The molecule has 0 bridgehead atoms. The molecule has 0 spiro atoms. The number of aryl methyl sites for hydroxylation is 1. The Hall–Kier alpha value is -1.49. The number of nitrogens with one attached hydrogen (secondary N) is 1. The summed E-state index contributed by atoms with van der Waals surface area (Å²) in [6, 6.07) is 0. The second kappa shape index (κ2) is 4.66. The van der Waals surface area contributed by atoms with Crippen molar-refractivity contribution >= 4 is 11.6 Å². The summed E-state index contributed by atoms with van der Waals surface area (Å²) in [7, 11) is 0. The zero-order valence-electron chi connectivity index (χ0n) is 8.32. The van der Waals surface area contributed by atoms with Gasteiger partial charge in [-0.25, -0.2) is 9.97 Å². The standard InChI is InChI=1S/C9H14N4O/c1-6(3-10)9(14)13-8-4-11-5-12-7(8)2/h4-6H,3,10H2,1-2H3,(H,13,14). The molecule has 3 N–H and O–H groups in total. The van der Waals surface area contributed by atoms with E-state index in [4.69, 9.17) is 5.73 Å². The molecule has 1 amide bonds. The van der Waals surface area contributed by atoms with Crippen molar-refractivity contribution in [1.29, 1.82) is 0 Å². The van der Waals surface area contributed by atoms with Crippen LogP contribution in [0.1, 0.15) is 12.6 Å². The Balaban J connectivity index is 2.70. The SMILES string of the molecule is Cc1ncncc1NC(=O)C(C)CN.